The van der Waals surface area contributed by atoms with Gasteiger partial charge in [-0.15, -0.1) is 35.4 Å². The van der Waals surface area contributed by atoms with Gasteiger partial charge in [0.05, 0.1) is 5.52 Å². The maximum atomic E-state index is 5.00. The van der Waals surface area contributed by atoms with Crippen molar-refractivity contribution >= 4 is 23.1 Å². The van der Waals surface area contributed by atoms with Gasteiger partial charge in [-0.1, -0.05) is 44.6 Å². The first-order chi connectivity index (χ1) is 11.4. The Balaban J connectivity index is 0.00000182. The molecule has 0 saturated heterocycles. The van der Waals surface area contributed by atoms with Crippen molar-refractivity contribution in [3.8, 4) is 11.3 Å². The summed E-state index contributed by atoms with van der Waals surface area (Å²) < 4.78 is 0. The number of aryl methyl sites for hydroxylation is 1. The third-order valence-electron chi connectivity index (χ3n) is 5.04. The minimum absolute atomic E-state index is 0. The molecule has 4 rings (SSSR count). The van der Waals surface area contributed by atoms with E-state index in [-0.39, 0.29) is 25.5 Å². The van der Waals surface area contributed by atoms with Crippen molar-refractivity contribution in [2.75, 3.05) is 0 Å². The summed E-state index contributed by atoms with van der Waals surface area (Å²) in [4.78, 5) is 5.00. The summed E-state index contributed by atoms with van der Waals surface area (Å²) in [6.07, 6.45) is 4.46. The molecule has 1 nitrogen and oxygen atoms in total. The molecule has 129 valence electrons. The molecule has 1 aromatic heterocycles. The maximum absolute atomic E-state index is 5.00. The molecule has 25 heavy (non-hydrogen) atoms. The van der Waals surface area contributed by atoms with Crippen LogP contribution < -0.4 is 0 Å². The van der Waals surface area contributed by atoms with Crippen LogP contribution in [0, 0.1) is 19.9 Å². The molecule has 0 bridgehead atoms. The Kier molecular flexibility index (Phi) is 4.47. The van der Waals surface area contributed by atoms with Gasteiger partial charge >= 0.3 is 0 Å². The molecule has 1 radical (unpaired) electrons. The third kappa shape index (κ3) is 2.88. The topological polar surface area (TPSA) is 12.9 Å². The SMILES string of the molecule is Cc1ccc2nc(-c3[c-]ccc(C(C)(C)C)c3)c(C)c3c2c1C=C3.[Ir]. The summed E-state index contributed by atoms with van der Waals surface area (Å²) in [6, 6.07) is 14.1. The van der Waals surface area contributed by atoms with Gasteiger partial charge in [0.1, 0.15) is 0 Å². The summed E-state index contributed by atoms with van der Waals surface area (Å²) in [7, 11) is 0. The van der Waals surface area contributed by atoms with Crippen molar-refractivity contribution in [2.24, 2.45) is 0 Å². The largest absolute Gasteiger partial charge is 0.296 e. The van der Waals surface area contributed by atoms with Gasteiger partial charge in [0.2, 0.25) is 0 Å². The number of benzene rings is 2. The second-order valence-corrected chi connectivity index (χ2v) is 7.76. The summed E-state index contributed by atoms with van der Waals surface area (Å²) in [6.45, 7) is 11.1. The maximum Gasteiger partial charge on any atom is 0.0607 e. The van der Waals surface area contributed by atoms with E-state index in [0.29, 0.717) is 0 Å². The van der Waals surface area contributed by atoms with E-state index in [1.807, 2.05) is 6.07 Å². The number of aromatic nitrogens is 1. The number of pyridine rings is 1. The van der Waals surface area contributed by atoms with Gasteiger partial charge in [-0.25, -0.2) is 0 Å². The quantitative estimate of drug-likeness (QED) is 0.286. The molecule has 2 heteroatoms. The third-order valence-corrected chi connectivity index (χ3v) is 5.04. The molecule has 1 heterocycles. The van der Waals surface area contributed by atoms with Crippen molar-refractivity contribution in [3.63, 3.8) is 0 Å². The fourth-order valence-electron chi connectivity index (χ4n) is 3.53. The molecule has 0 unspecified atom stereocenters. The van der Waals surface area contributed by atoms with Crippen LogP contribution in [0.2, 0.25) is 0 Å². The smallest absolute Gasteiger partial charge is 0.0607 e. The van der Waals surface area contributed by atoms with Crippen molar-refractivity contribution in [2.45, 2.75) is 40.0 Å². The van der Waals surface area contributed by atoms with Crippen LogP contribution in [0.5, 0.6) is 0 Å². The molecule has 1 aliphatic rings. The van der Waals surface area contributed by atoms with Crippen molar-refractivity contribution < 1.29 is 20.1 Å². The van der Waals surface area contributed by atoms with Crippen LogP contribution in [0.15, 0.2) is 30.3 Å². The van der Waals surface area contributed by atoms with Gasteiger partial charge in [-0.2, -0.15) is 0 Å². The van der Waals surface area contributed by atoms with E-state index in [1.165, 1.54) is 33.2 Å². The van der Waals surface area contributed by atoms with Crippen LogP contribution in [-0.2, 0) is 25.5 Å². The standard InChI is InChI=1S/C23H22N.Ir/c1-14-9-12-20-21-18(14)10-11-19(21)15(2)22(24-20)16-7-6-8-17(13-16)23(3,4)5;/h6,8-13H,1-5H3;/q-1;. The fourth-order valence-corrected chi connectivity index (χ4v) is 3.53. The first-order valence-electron chi connectivity index (χ1n) is 8.51. The Hall–Kier alpha value is -1.76. The average molecular weight is 505 g/mol. The molecule has 0 fully saturated rings. The molecule has 2 aromatic carbocycles. The number of nitrogens with zero attached hydrogens (tertiary/aromatic N) is 1. The Morgan fingerprint density at radius 1 is 0.960 bits per heavy atom. The normalized spacial score (nSPS) is 12.5. The van der Waals surface area contributed by atoms with E-state index in [0.717, 1.165) is 16.8 Å². The molecule has 0 atom stereocenters. The van der Waals surface area contributed by atoms with E-state index in [2.05, 4.69) is 77.1 Å². The minimum atomic E-state index is 0. The van der Waals surface area contributed by atoms with Crippen molar-refractivity contribution in [3.05, 3.63) is 64.2 Å². The zero-order valence-electron chi connectivity index (χ0n) is 15.3. The van der Waals surface area contributed by atoms with Gasteiger partial charge in [0.25, 0.3) is 0 Å². The summed E-state index contributed by atoms with van der Waals surface area (Å²) >= 11 is 0. The predicted octanol–water partition coefficient (Wildman–Crippen LogP) is 6.10. The predicted molar refractivity (Wildman–Crippen MR) is 103 cm³/mol. The number of hydrogen-bond donors (Lipinski definition) is 0. The van der Waals surface area contributed by atoms with E-state index < -0.39 is 0 Å². The monoisotopic (exact) mass is 505 g/mol. The van der Waals surface area contributed by atoms with Crippen LogP contribution in [0.3, 0.4) is 0 Å². The minimum Gasteiger partial charge on any atom is -0.296 e. The molecule has 0 spiro atoms. The summed E-state index contributed by atoms with van der Waals surface area (Å²) in [5.41, 5.74) is 9.82. The Bertz CT molecular complexity index is 1010. The Morgan fingerprint density at radius 3 is 2.40 bits per heavy atom. The molecule has 0 N–H and O–H groups in total. The van der Waals surface area contributed by atoms with Gasteiger partial charge in [-0.05, 0) is 47.7 Å². The number of hydrogen-bond acceptors (Lipinski definition) is 1. The molecular weight excluding hydrogens is 482 g/mol. The number of rotatable bonds is 1. The molecule has 3 aromatic rings. The van der Waals surface area contributed by atoms with Crippen LogP contribution in [-0.4, -0.2) is 4.98 Å². The van der Waals surface area contributed by atoms with E-state index in [4.69, 9.17) is 4.98 Å². The fraction of sp³-hybridized carbons (Fsp3) is 0.261. The first-order valence-corrected chi connectivity index (χ1v) is 8.51. The van der Waals surface area contributed by atoms with Crippen LogP contribution in [0.4, 0.5) is 0 Å². The molecule has 0 amide bonds. The summed E-state index contributed by atoms with van der Waals surface area (Å²) in [5, 5.41) is 1.29. The second-order valence-electron chi connectivity index (χ2n) is 7.76. The van der Waals surface area contributed by atoms with Gasteiger partial charge in [0.15, 0.2) is 0 Å². The van der Waals surface area contributed by atoms with Crippen LogP contribution in [0.25, 0.3) is 34.3 Å². The van der Waals surface area contributed by atoms with E-state index in [1.54, 1.807) is 0 Å². The zero-order chi connectivity index (χ0) is 17.1. The van der Waals surface area contributed by atoms with Gasteiger partial charge in [-0.3, -0.25) is 4.98 Å². The van der Waals surface area contributed by atoms with Gasteiger partial charge < -0.3 is 0 Å². The van der Waals surface area contributed by atoms with Crippen molar-refractivity contribution in [1.82, 2.24) is 4.98 Å². The zero-order valence-corrected chi connectivity index (χ0v) is 17.7. The van der Waals surface area contributed by atoms with Crippen LogP contribution >= 0.6 is 0 Å². The van der Waals surface area contributed by atoms with Crippen molar-refractivity contribution in [1.29, 1.82) is 0 Å². The molecule has 1 aliphatic carbocycles. The Labute approximate surface area is 163 Å². The van der Waals surface area contributed by atoms with E-state index >= 15 is 0 Å². The first kappa shape index (κ1) is 18.0. The van der Waals surface area contributed by atoms with Gasteiger partial charge in [0, 0.05) is 25.5 Å². The molecule has 0 aliphatic heterocycles. The summed E-state index contributed by atoms with van der Waals surface area (Å²) in [5.74, 6) is 0. The van der Waals surface area contributed by atoms with Crippen LogP contribution in [0.1, 0.15) is 48.6 Å². The molecule has 0 saturated carbocycles. The van der Waals surface area contributed by atoms with E-state index in [9.17, 15) is 0 Å². The average Bonchev–Trinajstić information content (AvgIpc) is 2.99. The molecular formula is C23H22IrN-. The second kappa shape index (κ2) is 6.20. The Morgan fingerprint density at radius 2 is 1.68 bits per heavy atom.